The van der Waals surface area contributed by atoms with Gasteiger partial charge in [0.05, 0.1) is 4.47 Å². The number of nitrogens with zero attached hydrogens (tertiary/aromatic N) is 1. The van der Waals surface area contributed by atoms with Crippen molar-refractivity contribution in [2.45, 2.75) is 64.1 Å². The Morgan fingerprint density at radius 1 is 0.946 bits per heavy atom. The minimum absolute atomic E-state index is 0.103. The van der Waals surface area contributed by atoms with Crippen LogP contribution in [0.4, 0.5) is 0 Å². The molecule has 2 amide bonds. The van der Waals surface area contributed by atoms with Gasteiger partial charge in [-0.05, 0) is 64.0 Å². The van der Waals surface area contributed by atoms with Crippen molar-refractivity contribution in [1.82, 2.24) is 10.2 Å². The summed E-state index contributed by atoms with van der Waals surface area (Å²) >= 11 is 3.56. The van der Waals surface area contributed by atoms with Gasteiger partial charge in [0.2, 0.25) is 5.91 Å². The molecule has 1 N–H and O–H groups in total. The van der Waals surface area contributed by atoms with Crippen LogP contribution in [0.1, 0.15) is 49.3 Å². The Hall–Kier alpha value is -3.12. The summed E-state index contributed by atoms with van der Waals surface area (Å²) < 4.78 is 6.77. The smallest absolute Gasteiger partial charge is 0.261 e. The van der Waals surface area contributed by atoms with Crippen molar-refractivity contribution in [1.29, 1.82) is 0 Å². The number of carbonyl (C=O) groups excluding carboxylic acids is 2. The number of nitrogens with one attached hydrogen (secondary N) is 1. The molecule has 0 radical (unpaired) electrons. The number of rotatable bonds is 11. The maximum absolute atomic E-state index is 13.7. The van der Waals surface area contributed by atoms with Crippen LogP contribution in [0.25, 0.3) is 0 Å². The molecule has 4 rings (SSSR count). The van der Waals surface area contributed by atoms with Crippen molar-refractivity contribution in [2.75, 3.05) is 6.61 Å². The molecule has 0 aliphatic heterocycles. The molecule has 0 unspecified atom stereocenters. The van der Waals surface area contributed by atoms with Crippen LogP contribution in [0, 0.1) is 0 Å². The lowest BCUT2D eigenvalue weighted by Crippen LogP contribution is -2.53. The van der Waals surface area contributed by atoms with Gasteiger partial charge >= 0.3 is 0 Å². The van der Waals surface area contributed by atoms with Crippen LogP contribution in [0.15, 0.2) is 83.3 Å². The third-order valence-electron chi connectivity index (χ3n) is 6.92. The predicted molar refractivity (Wildman–Crippen MR) is 150 cm³/mol. The summed E-state index contributed by atoms with van der Waals surface area (Å²) in [5.74, 6) is 0.284. The van der Waals surface area contributed by atoms with Gasteiger partial charge in [-0.3, -0.25) is 9.59 Å². The molecule has 0 saturated heterocycles. The molecule has 0 heterocycles. The Morgan fingerprint density at radius 3 is 2.22 bits per heavy atom. The monoisotopic (exact) mass is 562 g/mol. The number of hydrogen-bond donors (Lipinski definition) is 1. The Kier molecular flexibility index (Phi) is 9.78. The zero-order valence-corrected chi connectivity index (χ0v) is 23.0. The number of aryl methyl sites for hydroxylation is 1. The molecule has 0 bridgehead atoms. The third kappa shape index (κ3) is 7.68. The van der Waals surface area contributed by atoms with Crippen molar-refractivity contribution in [3.8, 4) is 5.75 Å². The maximum atomic E-state index is 13.7. The van der Waals surface area contributed by atoms with E-state index in [0.29, 0.717) is 18.7 Å². The van der Waals surface area contributed by atoms with Gasteiger partial charge in [-0.1, -0.05) is 86.5 Å². The molecule has 5 nitrogen and oxygen atoms in total. The number of amides is 2. The molecule has 194 valence electrons. The van der Waals surface area contributed by atoms with Crippen molar-refractivity contribution >= 4 is 27.7 Å². The second-order valence-electron chi connectivity index (χ2n) is 9.61. The molecule has 1 saturated carbocycles. The van der Waals surface area contributed by atoms with Crippen LogP contribution in [0.2, 0.25) is 0 Å². The zero-order valence-electron chi connectivity index (χ0n) is 21.4. The highest BCUT2D eigenvalue weighted by atomic mass is 79.9. The van der Waals surface area contributed by atoms with Crippen LogP contribution < -0.4 is 10.1 Å². The normalized spacial score (nSPS) is 14.2. The van der Waals surface area contributed by atoms with Gasteiger partial charge in [0, 0.05) is 19.0 Å². The lowest BCUT2D eigenvalue weighted by molar-refractivity contribution is -0.143. The number of halogens is 1. The highest BCUT2D eigenvalue weighted by molar-refractivity contribution is 9.10. The average molecular weight is 564 g/mol. The summed E-state index contributed by atoms with van der Waals surface area (Å²) in [6.45, 7) is 2.27. The molecule has 1 fully saturated rings. The molecule has 1 aliphatic rings. The third-order valence-corrected chi connectivity index (χ3v) is 7.54. The maximum Gasteiger partial charge on any atom is 0.261 e. The molecule has 1 atom stereocenters. The van der Waals surface area contributed by atoms with E-state index in [9.17, 15) is 9.59 Å². The number of benzene rings is 3. The fraction of sp³-hybridized carbons (Fsp3) is 0.355. The fourth-order valence-electron chi connectivity index (χ4n) is 4.81. The van der Waals surface area contributed by atoms with Crippen LogP contribution >= 0.6 is 15.9 Å². The van der Waals surface area contributed by atoms with E-state index < -0.39 is 6.04 Å². The van der Waals surface area contributed by atoms with E-state index in [1.807, 2.05) is 78.9 Å². The van der Waals surface area contributed by atoms with E-state index in [4.69, 9.17) is 4.74 Å². The lowest BCUT2D eigenvalue weighted by atomic mass is 10.0. The first-order valence-electron chi connectivity index (χ1n) is 13.1. The SMILES string of the molecule is CCc1ccc(OCC(=O)N(Cc2ccccc2)[C@H](Cc2ccccc2)C(=O)NC2CCCC2)c(Br)c1. The molecule has 3 aromatic rings. The average Bonchev–Trinajstić information content (AvgIpc) is 3.44. The minimum atomic E-state index is -0.648. The lowest BCUT2D eigenvalue weighted by Gasteiger charge is -2.32. The van der Waals surface area contributed by atoms with Gasteiger partial charge in [-0.25, -0.2) is 0 Å². The van der Waals surface area contributed by atoms with Gasteiger partial charge < -0.3 is 15.0 Å². The Labute approximate surface area is 228 Å². The predicted octanol–water partition coefficient (Wildman–Crippen LogP) is 6.09. The molecule has 1 aliphatic carbocycles. The van der Waals surface area contributed by atoms with Gasteiger partial charge in [-0.2, -0.15) is 0 Å². The number of carbonyl (C=O) groups is 2. The zero-order chi connectivity index (χ0) is 26.0. The molecule has 0 spiro atoms. The Morgan fingerprint density at radius 2 is 1.59 bits per heavy atom. The Balaban J connectivity index is 1.59. The van der Waals surface area contributed by atoms with Crippen LogP contribution in [-0.2, 0) is 29.0 Å². The Bertz CT molecular complexity index is 1160. The second-order valence-corrected chi connectivity index (χ2v) is 10.5. The summed E-state index contributed by atoms with van der Waals surface area (Å²) in [4.78, 5) is 29.1. The van der Waals surface area contributed by atoms with E-state index >= 15 is 0 Å². The highest BCUT2D eigenvalue weighted by Gasteiger charge is 2.32. The van der Waals surface area contributed by atoms with Crippen molar-refractivity contribution < 1.29 is 14.3 Å². The van der Waals surface area contributed by atoms with Crippen LogP contribution in [0.3, 0.4) is 0 Å². The highest BCUT2D eigenvalue weighted by Crippen LogP contribution is 2.27. The summed E-state index contributed by atoms with van der Waals surface area (Å²) in [5.41, 5.74) is 3.16. The molecular weight excluding hydrogens is 528 g/mol. The van der Waals surface area contributed by atoms with Crippen molar-refractivity contribution in [2.24, 2.45) is 0 Å². The van der Waals surface area contributed by atoms with E-state index in [2.05, 4.69) is 28.2 Å². The molecular formula is C31H35BrN2O3. The van der Waals surface area contributed by atoms with Gasteiger partial charge in [-0.15, -0.1) is 0 Å². The van der Waals surface area contributed by atoms with Crippen molar-refractivity contribution in [3.05, 3.63) is 100 Å². The topological polar surface area (TPSA) is 58.6 Å². The van der Waals surface area contributed by atoms with Gasteiger partial charge in [0.1, 0.15) is 11.8 Å². The quantitative estimate of drug-likeness (QED) is 0.307. The first kappa shape index (κ1) is 26.9. The van der Waals surface area contributed by atoms with E-state index in [-0.39, 0.29) is 24.5 Å². The van der Waals surface area contributed by atoms with E-state index in [0.717, 1.165) is 47.7 Å². The fourth-order valence-corrected chi connectivity index (χ4v) is 5.35. The van der Waals surface area contributed by atoms with Crippen LogP contribution in [-0.4, -0.2) is 35.4 Å². The van der Waals surface area contributed by atoms with E-state index in [1.54, 1.807) is 4.90 Å². The van der Waals surface area contributed by atoms with Crippen LogP contribution in [0.5, 0.6) is 5.75 Å². The molecule has 3 aromatic carbocycles. The van der Waals surface area contributed by atoms with Gasteiger partial charge in [0.15, 0.2) is 6.61 Å². The second kappa shape index (κ2) is 13.4. The largest absolute Gasteiger partial charge is 0.483 e. The van der Waals surface area contributed by atoms with E-state index in [1.165, 1.54) is 5.56 Å². The first-order valence-corrected chi connectivity index (χ1v) is 13.9. The molecule has 37 heavy (non-hydrogen) atoms. The van der Waals surface area contributed by atoms with Crippen molar-refractivity contribution in [3.63, 3.8) is 0 Å². The first-order chi connectivity index (χ1) is 18.0. The summed E-state index contributed by atoms with van der Waals surface area (Å²) in [5, 5.41) is 3.23. The summed E-state index contributed by atoms with van der Waals surface area (Å²) in [7, 11) is 0. The summed E-state index contributed by atoms with van der Waals surface area (Å²) in [6.07, 6.45) is 5.58. The number of ether oxygens (including phenoxy) is 1. The van der Waals surface area contributed by atoms with Gasteiger partial charge in [0.25, 0.3) is 5.91 Å². The molecule has 6 heteroatoms. The molecule has 0 aromatic heterocycles. The summed E-state index contributed by atoms with van der Waals surface area (Å²) in [6, 6.07) is 25.1. The minimum Gasteiger partial charge on any atom is -0.483 e. The number of hydrogen-bond acceptors (Lipinski definition) is 3. The standard InChI is InChI=1S/C31H35BrN2O3/c1-2-23-17-18-29(27(32)19-23)37-22-30(35)34(21-25-13-7-4-8-14-25)28(20-24-11-5-3-6-12-24)31(36)33-26-15-9-10-16-26/h3-8,11-14,17-19,26,28H,2,9-10,15-16,20-22H2,1H3,(H,33,36)/t28-/m1/s1.